The van der Waals surface area contributed by atoms with Gasteiger partial charge in [0, 0.05) is 16.1 Å². The van der Waals surface area contributed by atoms with E-state index < -0.39 is 0 Å². The van der Waals surface area contributed by atoms with Gasteiger partial charge in [-0.25, -0.2) is 0 Å². The lowest BCUT2D eigenvalue weighted by Crippen LogP contribution is -2.30. The summed E-state index contributed by atoms with van der Waals surface area (Å²) in [6.07, 6.45) is 1.37. The highest BCUT2D eigenvalue weighted by molar-refractivity contribution is 9.10. The molecule has 1 aromatic carbocycles. The molecule has 4 heteroatoms. The molecule has 3 nitrogen and oxygen atoms in total. The summed E-state index contributed by atoms with van der Waals surface area (Å²) >= 11 is 3.39. The minimum atomic E-state index is -0.238. The number of imide groups is 1. The molecule has 0 saturated heterocycles. The topological polar surface area (TPSA) is 37.4 Å². The first-order chi connectivity index (χ1) is 7.59. The molecule has 16 heavy (non-hydrogen) atoms. The molecular formula is C12H10BrNO2. The number of halogens is 1. The SMILES string of the molecule is CC1=CC(=O)N(Cc2ccccc2Br)C1=O. The molecule has 1 heterocycles. The van der Waals surface area contributed by atoms with Crippen molar-refractivity contribution in [3.8, 4) is 0 Å². The Morgan fingerprint density at radius 2 is 1.94 bits per heavy atom. The van der Waals surface area contributed by atoms with Crippen LogP contribution in [0.1, 0.15) is 12.5 Å². The van der Waals surface area contributed by atoms with E-state index in [-0.39, 0.29) is 11.8 Å². The summed E-state index contributed by atoms with van der Waals surface area (Å²) in [6, 6.07) is 7.55. The summed E-state index contributed by atoms with van der Waals surface area (Å²) in [5.41, 5.74) is 1.42. The fourth-order valence-electron chi connectivity index (χ4n) is 1.58. The first-order valence-corrected chi connectivity index (χ1v) is 5.66. The maximum absolute atomic E-state index is 11.7. The number of hydrogen-bond acceptors (Lipinski definition) is 2. The zero-order chi connectivity index (χ0) is 11.7. The maximum Gasteiger partial charge on any atom is 0.256 e. The minimum absolute atomic E-state index is 0.208. The van der Waals surface area contributed by atoms with Crippen molar-refractivity contribution in [1.82, 2.24) is 4.90 Å². The Bertz CT molecular complexity index is 494. The Balaban J connectivity index is 2.22. The van der Waals surface area contributed by atoms with Crippen LogP contribution in [0, 0.1) is 0 Å². The molecule has 0 saturated carbocycles. The Kier molecular flexibility index (Phi) is 2.92. The number of amides is 2. The molecule has 1 aliphatic rings. The van der Waals surface area contributed by atoms with E-state index in [1.807, 2.05) is 24.3 Å². The second-order valence-corrected chi connectivity index (χ2v) is 4.50. The third kappa shape index (κ3) is 1.93. The van der Waals surface area contributed by atoms with E-state index in [0.717, 1.165) is 10.0 Å². The standard InChI is InChI=1S/C12H10BrNO2/c1-8-6-11(15)14(12(8)16)7-9-4-2-3-5-10(9)13/h2-6H,7H2,1H3. The predicted octanol–water partition coefficient (Wildman–Crippen LogP) is 2.26. The van der Waals surface area contributed by atoms with Gasteiger partial charge in [0.25, 0.3) is 11.8 Å². The predicted molar refractivity (Wildman–Crippen MR) is 63.5 cm³/mol. The van der Waals surface area contributed by atoms with Crippen LogP contribution in [0.4, 0.5) is 0 Å². The van der Waals surface area contributed by atoms with Gasteiger partial charge in [-0.15, -0.1) is 0 Å². The molecule has 0 aromatic heterocycles. The molecule has 0 fully saturated rings. The Labute approximate surface area is 102 Å². The molecule has 1 aliphatic heterocycles. The lowest BCUT2D eigenvalue weighted by Gasteiger charge is -2.15. The van der Waals surface area contributed by atoms with E-state index in [4.69, 9.17) is 0 Å². The highest BCUT2D eigenvalue weighted by Crippen LogP contribution is 2.21. The number of rotatable bonds is 2. The molecule has 0 bridgehead atoms. The Hall–Kier alpha value is -1.42. The van der Waals surface area contributed by atoms with Crippen LogP contribution in [0.25, 0.3) is 0 Å². The van der Waals surface area contributed by atoms with E-state index in [2.05, 4.69) is 15.9 Å². The van der Waals surface area contributed by atoms with E-state index >= 15 is 0 Å². The van der Waals surface area contributed by atoms with Gasteiger partial charge >= 0.3 is 0 Å². The van der Waals surface area contributed by atoms with Crippen LogP contribution in [0.2, 0.25) is 0 Å². The summed E-state index contributed by atoms with van der Waals surface area (Å²) in [5.74, 6) is -0.445. The quantitative estimate of drug-likeness (QED) is 0.779. The number of nitrogens with zero attached hydrogens (tertiary/aromatic N) is 1. The van der Waals surface area contributed by atoms with Crippen LogP contribution in [-0.4, -0.2) is 16.7 Å². The van der Waals surface area contributed by atoms with Gasteiger partial charge in [0.1, 0.15) is 0 Å². The Morgan fingerprint density at radius 1 is 1.25 bits per heavy atom. The molecule has 0 atom stereocenters. The van der Waals surface area contributed by atoms with E-state index in [1.165, 1.54) is 11.0 Å². The van der Waals surface area contributed by atoms with E-state index in [9.17, 15) is 9.59 Å². The number of carbonyl (C=O) groups excluding carboxylic acids is 2. The van der Waals surface area contributed by atoms with Crippen LogP contribution in [-0.2, 0) is 16.1 Å². The largest absolute Gasteiger partial charge is 0.271 e. The van der Waals surface area contributed by atoms with Gasteiger partial charge in [-0.05, 0) is 18.6 Å². The van der Waals surface area contributed by atoms with E-state index in [1.54, 1.807) is 6.92 Å². The van der Waals surface area contributed by atoms with Crippen LogP contribution in [0.3, 0.4) is 0 Å². The first-order valence-electron chi connectivity index (χ1n) is 4.87. The average Bonchev–Trinajstić information content (AvgIpc) is 2.48. The van der Waals surface area contributed by atoms with Crippen LogP contribution in [0.5, 0.6) is 0 Å². The van der Waals surface area contributed by atoms with Crippen molar-refractivity contribution in [2.24, 2.45) is 0 Å². The lowest BCUT2D eigenvalue weighted by atomic mass is 10.2. The molecule has 0 N–H and O–H groups in total. The van der Waals surface area contributed by atoms with Gasteiger partial charge in [0.2, 0.25) is 0 Å². The zero-order valence-electron chi connectivity index (χ0n) is 8.74. The van der Waals surface area contributed by atoms with Crippen molar-refractivity contribution in [3.05, 3.63) is 46.0 Å². The van der Waals surface area contributed by atoms with Crippen LogP contribution >= 0.6 is 15.9 Å². The molecule has 82 valence electrons. The average molecular weight is 280 g/mol. The second kappa shape index (κ2) is 4.22. The number of benzene rings is 1. The molecule has 2 rings (SSSR count). The van der Waals surface area contributed by atoms with Gasteiger partial charge in [-0.1, -0.05) is 34.1 Å². The highest BCUT2D eigenvalue weighted by atomic mass is 79.9. The third-order valence-corrected chi connectivity index (χ3v) is 3.25. The van der Waals surface area contributed by atoms with Crippen LogP contribution in [0.15, 0.2) is 40.4 Å². The van der Waals surface area contributed by atoms with Crippen molar-refractivity contribution in [3.63, 3.8) is 0 Å². The zero-order valence-corrected chi connectivity index (χ0v) is 10.3. The summed E-state index contributed by atoms with van der Waals surface area (Å²) in [6.45, 7) is 1.97. The number of hydrogen-bond donors (Lipinski definition) is 0. The van der Waals surface area contributed by atoms with Gasteiger partial charge in [-0.2, -0.15) is 0 Å². The van der Waals surface area contributed by atoms with Crippen molar-refractivity contribution in [2.45, 2.75) is 13.5 Å². The third-order valence-electron chi connectivity index (χ3n) is 2.47. The molecular weight excluding hydrogens is 270 g/mol. The smallest absolute Gasteiger partial charge is 0.256 e. The van der Waals surface area contributed by atoms with Gasteiger partial charge in [-0.3, -0.25) is 14.5 Å². The van der Waals surface area contributed by atoms with Crippen LogP contribution < -0.4 is 0 Å². The van der Waals surface area contributed by atoms with Crippen molar-refractivity contribution in [2.75, 3.05) is 0 Å². The molecule has 0 unspecified atom stereocenters. The van der Waals surface area contributed by atoms with Crippen molar-refractivity contribution >= 4 is 27.7 Å². The first kappa shape index (κ1) is 11.1. The van der Waals surface area contributed by atoms with Gasteiger partial charge < -0.3 is 0 Å². The molecule has 0 radical (unpaired) electrons. The fraction of sp³-hybridized carbons (Fsp3) is 0.167. The fourth-order valence-corrected chi connectivity index (χ4v) is 1.99. The molecule has 2 amide bonds. The second-order valence-electron chi connectivity index (χ2n) is 3.65. The monoisotopic (exact) mass is 279 g/mol. The molecule has 1 aromatic rings. The minimum Gasteiger partial charge on any atom is -0.271 e. The van der Waals surface area contributed by atoms with Crippen molar-refractivity contribution < 1.29 is 9.59 Å². The van der Waals surface area contributed by atoms with Gasteiger partial charge in [0.05, 0.1) is 6.54 Å². The van der Waals surface area contributed by atoms with E-state index in [0.29, 0.717) is 12.1 Å². The summed E-state index contributed by atoms with van der Waals surface area (Å²) in [4.78, 5) is 24.4. The molecule has 0 aliphatic carbocycles. The normalized spacial score (nSPS) is 15.6. The highest BCUT2D eigenvalue weighted by Gasteiger charge is 2.28. The maximum atomic E-state index is 11.7. The lowest BCUT2D eigenvalue weighted by molar-refractivity contribution is -0.137. The van der Waals surface area contributed by atoms with Gasteiger partial charge in [0.15, 0.2) is 0 Å². The summed E-state index contributed by atoms with van der Waals surface area (Å²) < 4.78 is 0.903. The van der Waals surface area contributed by atoms with Crippen molar-refractivity contribution in [1.29, 1.82) is 0 Å². The summed E-state index contributed by atoms with van der Waals surface area (Å²) in [7, 11) is 0. The number of carbonyl (C=O) groups is 2. The summed E-state index contributed by atoms with van der Waals surface area (Å²) in [5, 5.41) is 0. The Morgan fingerprint density at radius 3 is 2.50 bits per heavy atom. The molecule has 0 spiro atoms.